The summed E-state index contributed by atoms with van der Waals surface area (Å²) in [4.78, 5) is 4.62. The number of ether oxygens (including phenoxy) is 2. The Labute approximate surface area is 176 Å². The number of fused-ring (bicyclic) bond motifs is 1. The van der Waals surface area contributed by atoms with E-state index < -0.39 is 0 Å². The van der Waals surface area contributed by atoms with E-state index >= 15 is 0 Å². The Morgan fingerprint density at radius 1 is 1.10 bits per heavy atom. The van der Waals surface area contributed by atoms with Crippen LogP contribution in [0.15, 0.2) is 40.9 Å². The van der Waals surface area contributed by atoms with Crippen LogP contribution < -0.4 is 15.2 Å². The van der Waals surface area contributed by atoms with Gasteiger partial charge in [0.05, 0.1) is 19.6 Å². The Bertz CT molecular complexity index is 974. The summed E-state index contributed by atoms with van der Waals surface area (Å²) in [5.41, 5.74) is 10.7. The van der Waals surface area contributed by atoms with Gasteiger partial charge < -0.3 is 19.7 Å². The molecule has 0 saturated heterocycles. The van der Waals surface area contributed by atoms with Crippen LogP contribution in [0, 0.1) is 0 Å². The molecule has 154 valence electrons. The average Bonchev–Trinajstić information content (AvgIpc) is 3.31. The number of aromatic nitrogens is 2. The smallest absolute Gasteiger partial charge is 0.231 e. The van der Waals surface area contributed by atoms with E-state index in [2.05, 4.69) is 16.2 Å². The van der Waals surface area contributed by atoms with Crippen molar-refractivity contribution in [3.8, 4) is 22.9 Å². The van der Waals surface area contributed by atoms with Crippen LogP contribution in [0.25, 0.3) is 11.4 Å². The lowest BCUT2D eigenvalue weighted by Crippen LogP contribution is -2.05. The molecule has 0 unspecified atom stereocenters. The fourth-order valence-corrected chi connectivity index (χ4v) is 3.71. The zero-order valence-corrected chi connectivity index (χ0v) is 17.5. The van der Waals surface area contributed by atoms with Crippen molar-refractivity contribution in [3.63, 3.8) is 0 Å². The van der Waals surface area contributed by atoms with Gasteiger partial charge in [0.2, 0.25) is 11.7 Å². The molecule has 4 rings (SSSR count). The number of nitrogens with zero attached hydrogens (tertiary/aromatic N) is 2. The van der Waals surface area contributed by atoms with E-state index in [9.17, 15) is 0 Å². The van der Waals surface area contributed by atoms with Crippen molar-refractivity contribution < 1.29 is 14.0 Å². The van der Waals surface area contributed by atoms with Crippen LogP contribution >= 0.6 is 12.4 Å². The maximum absolute atomic E-state index is 6.19. The summed E-state index contributed by atoms with van der Waals surface area (Å²) in [6.07, 6.45) is 2.45. The lowest BCUT2D eigenvalue weighted by molar-refractivity contribution is 0.287. The molecule has 1 aliphatic carbocycles. The molecule has 29 heavy (non-hydrogen) atoms. The molecular weight excluding hydrogens is 390 g/mol. The van der Waals surface area contributed by atoms with E-state index in [4.69, 9.17) is 19.7 Å². The van der Waals surface area contributed by atoms with Gasteiger partial charge in [0, 0.05) is 11.6 Å². The molecule has 0 fully saturated rings. The first kappa shape index (κ1) is 21.1. The first-order chi connectivity index (χ1) is 13.7. The molecule has 2 aromatic carbocycles. The molecule has 3 aromatic rings. The predicted octanol–water partition coefficient (Wildman–Crippen LogP) is 4.49. The minimum absolute atomic E-state index is 0. The van der Waals surface area contributed by atoms with Gasteiger partial charge >= 0.3 is 0 Å². The Kier molecular flexibility index (Phi) is 6.77. The molecule has 0 amide bonds. The lowest BCUT2D eigenvalue weighted by atomic mass is 10.0. The van der Waals surface area contributed by atoms with Crippen LogP contribution in [0.2, 0.25) is 0 Å². The molecule has 1 aromatic heterocycles. The zero-order valence-electron chi connectivity index (χ0n) is 16.7. The van der Waals surface area contributed by atoms with Gasteiger partial charge in [0.15, 0.2) is 11.5 Å². The standard InChI is InChI=1S/C22H25N3O3.ClH/c1-3-26-19-11-8-14(12-20(19)27-4-2)13-21-24-22(25-28-21)17-7-5-6-16-15(17)9-10-18(16)23;/h5-8,11-12,18H,3-4,9-10,13,23H2,1-2H3;1H/t18-;/m0./s1. The fourth-order valence-electron chi connectivity index (χ4n) is 3.71. The van der Waals surface area contributed by atoms with Crippen LogP contribution in [0.5, 0.6) is 11.5 Å². The van der Waals surface area contributed by atoms with Gasteiger partial charge in [0.1, 0.15) is 0 Å². The molecule has 0 spiro atoms. The van der Waals surface area contributed by atoms with E-state index in [1.54, 1.807) is 0 Å². The van der Waals surface area contributed by atoms with Crippen LogP contribution in [0.1, 0.15) is 48.9 Å². The molecule has 0 saturated carbocycles. The van der Waals surface area contributed by atoms with E-state index in [0.717, 1.165) is 35.5 Å². The summed E-state index contributed by atoms with van der Waals surface area (Å²) in [7, 11) is 0. The van der Waals surface area contributed by atoms with E-state index in [1.165, 1.54) is 11.1 Å². The van der Waals surface area contributed by atoms with Gasteiger partial charge in [-0.15, -0.1) is 12.4 Å². The van der Waals surface area contributed by atoms with Gasteiger partial charge in [-0.25, -0.2) is 0 Å². The maximum Gasteiger partial charge on any atom is 0.231 e. The fraction of sp³-hybridized carbons (Fsp3) is 0.364. The first-order valence-electron chi connectivity index (χ1n) is 9.78. The maximum atomic E-state index is 6.19. The van der Waals surface area contributed by atoms with Crippen LogP contribution in [0.3, 0.4) is 0 Å². The third-order valence-electron chi connectivity index (χ3n) is 4.99. The highest BCUT2D eigenvalue weighted by Gasteiger charge is 2.24. The monoisotopic (exact) mass is 415 g/mol. The number of nitrogens with two attached hydrogens (primary N) is 1. The summed E-state index contributed by atoms with van der Waals surface area (Å²) in [5, 5.41) is 4.21. The number of hydrogen-bond donors (Lipinski definition) is 1. The van der Waals surface area contributed by atoms with Gasteiger partial charge in [0.25, 0.3) is 0 Å². The molecule has 2 N–H and O–H groups in total. The third-order valence-corrected chi connectivity index (χ3v) is 4.99. The first-order valence-corrected chi connectivity index (χ1v) is 9.78. The van der Waals surface area contributed by atoms with Crippen molar-refractivity contribution >= 4 is 12.4 Å². The average molecular weight is 416 g/mol. The van der Waals surface area contributed by atoms with Gasteiger partial charge in [-0.3, -0.25) is 0 Å². The van der Waals surface area contributed by atoms with E-state index in [0.29, 0.717) is 31.3 Å². The predicted molar refractivity (Wildman–Crippen MR) is 114 cm³/mol. The molecule has 1 heterocycles. The quantitative estimate of drug-likeness (QED) is 0.612. The van der Waals surface area contributed by atoms with E-state index in [-0.39, 0.29) is 18.4 Å². The normalized spacial score (nSPS) is 14.9. The van der Waals surface area contributed by atoms with Crippen molar-refractivity contribution in [2.75, 3.05) is 13.2 Å². The second-order valence-electron chi connectivity index (χ2n) is 6.85. The summed E-state index contributed by atoms with van der Waals surface area (Å²) < 4.78 is 16.8. The molecule has 1 aliphatic rings. The Morgan fingerprint density at radius 3 is 2.69 bits per heavy atom. The van der Waals surface area contributed by atoms with Gasteiger partial charge in [-0.1, -0.05) is 29.4 Å². The molecule has 7 heteroatoms. The van der Waals surface area contributed by atoms with Crippen molar-refractivity contribution in [1.29, 1.82) is 0 Å². The van der Waals surface area contributed by atoms with Crippen molar-refractivity contribution in [2.45, 2.75) is 39.2 Å². The number of rotatable bonds is 7. The van der Waals surface area contributed by atoms with Crippen molar-refractivity contribution in [2.24, 2.45) is 5.73 Å². The Morgan fingerprint density at radius 2 is 1.90 bits per heavy atom. The van der Waals surface area contributed by atoms with Gasteiger partial charge in [-0.2, -0.15) is 4.98 Å². The van der Waals surface area contributed by atoms with Gasteiger partial charge in [-0.05, 0) is 55.5 Å². The third kappa shape index (κ3) is 4.38. The van der Waals surface area contributed by atoms with Crippen LogP contribution in [-0.2, 0) is 12.8 Å². The lowest BCUT2D eigenvalue weighted by Gasteiger charge is -2.11. The summed E-state index contributed by atoms with van der Waals surface area (Å²) in [5.74, 6) is 2.67. The van der Waals surface area contributed by atoms with Crippen molar-refractivity contribution in [1.82, 2.24) is 10.1 Å². The minimum atomic E-state index is 0. The second-order valence-corrected chi connectivity index (χ2v) is 6.85. The molecular formula is C22H26ClN3O3. The van der Waals surface area contributed by atoms with Crippen LogP contribution in [0.4, 0.5) is 0 Å². The zero-order chi connectivity index (χ0) is 19.5. The topological polar surface area (TPSA) is 83.4 Å². The minimum Gasteiger partial charge on any atom is -0.490 e. The number of hydrogen-bond acceptors (Lipinski definition) is 6. The second kappa shape index (κ2) is 9.29. The molecule has 0 radical (unpaired) electrons. The molecule has 0 bridgehead atoms. The van der Waals surface area contributed by atoms with E-state index in [1.807, 2.05) is 44.2 Å². The number of benzene rings is 2. The van der Waals surface area contributed by atoms with Crippen LogP contribution in [-0.4, -0.2) is 23.4 Å². The molecule has 6 nitrogen and oxygen atoms in total. The SMILES string of the molecule is CCOc1ccc(Cc2nc(-c3cccc4c3CC[C@@H]4N)no2)cc1OCC.Cl. The highest BCUT2D eigenvalue weighted by molar-refractivity contribution is 5.85. The molecule has 1 atom stereocenters. The Hall–Kier alpha value is -2.57. The molecule has 0 aliphatic heterocycles. The van der Waals surface area contributed by atoms with Crippen molar-refractivity contribution in [3.05, 3.63) is 59.0 Å². The summed E-state index contributed by atoms with van der Waals surface area (Å²) >= 11 is 0. The Balaban J connectivity index is 0.00000240. The summed E-state index contributed by atoms with van der Waals surface area (Å²) in [6, 6.07) is 12.1. The largest absolute Gasteiger partial charge is 0.490 e. The highest BCUT2D eigenvalue weighted by atomic mass is 35.5. The summed E-state index contributed by atoms with van der Waals surface area (Å²) in [6.45, 7) is 5.08. The highest BCUT2D eigenvalue weighted by Crippen LogP contribution is 2.35. The number of halogens is 1.